The van der Waals surface area contributed by atoms with Crippen LogP contribution in [0.3, 0.4) is 0 Å². The highest BCUT2D eigenvalue weighted by molar-refractivity contribution is 7.89. The zero-order chi connectivity index (χ0) is 20.3. The van der Waals surface area contributed by atoms with Gasteiger partial charge in [-0.25, -0.2) is 13.1 Å². The second-order valence-electron chi connectivity index (χ2n) is 7.83. The number of nitrogens with zero attached hydrogens (tertiary/aromatic N) is 1. The van der Waals surface area contributed by atoms with Crippen LogP contribution in [0, 0.1) is 5.92 Å². The lowest BCUT2D eigenvalue weighted by Crippen LogP contribution is -2.38. The summed E-state index contributed by atoms with van der Waals surface area (Å²) in [5.41, 5.74) is 0.118. The van der Waals surface area contributed by atoms with Gasteiger partial charge in [0.1, 0.15) is 4.90 Å². The number of carbonyl (C=O) groups is 1. The molecule has 1 aromatic carbocycles. The molecule has 156 valence electrons. The quantitative estimate of drug-likeness (QED) is 0.640. The van der Waals surface area contributed by atoms with E-state index in [1.807, 2.05) is 0 Å². The van der Waals surface area contributed by atoms with Crippen molar-refractivity contribution in [2.24, 2.45) is 5.92 Å². The third-order valence-corrected chi connectivity index (χ3v) is 7.38. The van der Waals surface area contributed by atoms with Crippen LogP contribution in [0.4, 0.5) is 0 Å². The maximum absolute atomic E-state index is 12.6. The number of halogens is 2. The summed E-state index contributed by atoms with van der Waals surface area (Å²) in [6.45, 7) is 5.73. The standard InChI is InChI=1S/C19H27Cl2N3O3S/c1-13(12-24-7-3-2-4-8-24)11-22-19(25)15-9-18(17(21)10-16(15)20)28(26,27)23-14-5-6-14/h9-10,13-14,23H,2-8,11-12H2,1H3,(H,22,25). The van der Waals surface area contributed by atoms with Crippen molar-refractivity contribution in [3.8, 4) is 0 Å². The molecule has 1 saturated heterocycles. The van der Waals surface area contributed by atoms with Gasteiger partial charge in [-0.1, -0.05) is 36.5 Å². The summed E-state index contributed by atoms with van der Waals surface area (Å²) in [6, 6.07) is 2.53. The van der Waals surface area contributed by atoms with Crippen LogP contribution in [0.25, 0.3) is 0 Å². The Labute approximate surface area is 177 Å². The lowest BCUT2D eigenvalue weighted by molar-refractivity contribution is 0.0942. The lowest BCUT2D eigenvalue weighted by Gasteiger charge is -2.29. The molecule has 2 fully saturated rings. The zero-order valence-corrected chi connectivity index (χ0v) is 18.3. The van der Waals surface area contributed by atoms with E-state index in [1.54, 1.807) is 0 Å². The van der Waals surface area contributed by atoms with Gasteiger partial charge in [0.05, 0.1) is 15.6 Å². The summed E-state index contributed by atoms with van der Waals surface area (Å²) in [6.07, 6.45) is 5.37. The molecule has 2 N–H and O–H groups in total. The Kier molecular flexibility index (Phi) is 7.26. The molecule has 6 nitrogen and oxygen atoms in total. The first-order valence-corrected chi connectivity index (χ1v) is 12.0. The molecule has 2 aliphatic rings. The van der Waals surface area contributed by atoms with Gasteiger partial charge in [-0.3, -0.25) is 4.79 Å². The van der Waals surface area contributed by atoms with Gasteiger partial charge in [-0.2, -0.15) is 0 Å². The highest BCUT2D eigenvalue weighted by Gasteiger charge is 2.30. The molecule has 0 aromatic heterocycles. The van der Waals surface area contributed by atoms with Crippen LogP contribution < -0.4 is 10.0 Å². The van der Waals surface area contributed by atoms with E-state index < -0.39 is 15.9 Å². The zero-order valence-electron chi connectivity index (χ0n) is 16.0. The number of amides is 1. The van der Waals surface area contributed by atoms with Crippen molar-refractivity contribution in [1.82, 2.24) is 14.9 Å². The molecule has 28 heavy (non-hydrogen) atoms. The first kappa shape index (κ1) is 21.8. The van der Waals surface area contributed by atoms with Crippen LogP contribution in [0.2, 0.25) is 10.0 Å². The van der Waals surface area contributed by atoms with E-state index in [4.69, 9.17) is 23.2 Å². The van der Waals surface area contributed by atoms with Gasteiger partial charge in [0.25, 0.3) is 5.91 Å². The molecule has 1 atom stereocenters. The largest absolute Gasteiger partial charge is 0.352 e. The molecule has 3 rings (SSSR count). The summed E-state index contributed by atoms with van der Waals surface area (Å²) in [7, 11) is -3.78. The van der Waals surface area contributed by atoms with Crippen LogP contribution >= 0.6 is 23.2 Å². The Hall–Kier alpha value is -0.860. The van der Waals surface area contributed by atoms with Crippen molar-refractivity contribution < 1.29 is 13.2 Å². The molecule has 1 heterocycles. The fraction of sp³-hybridized carbons (Fsp3) is 0.632. The maximum Gasteiger partial charge on any atom is 0.252 e. The fourth-order valence-corrected chi connectivity index (χ4v) is 5.57. The number of rotatable bonds is 8. The predicted molar refractivity (Wildman–Crippen MR) is 112 cm³/mol. The Morgan fingerprint density at radius 2 is 1.86 bits per heavy atom. The van der Waals surface area contributed by atoms with Crippen molar-refractivity contribution in [3.63, 3.8) is 0 Å². The van der Waals surface area contributed by atoms with Gasteiger partial charge in [-0.05, 0) is 56.8 Å². The van der Waals surface area contributed by atoms with E-state index in [0.717, 1.165) is 32.5 Å². The van der Waals surface area contributed by atoms with Gasteiger partial charge in [0.15, 0.2) is 0 Å². The Balaban J connectivity index is 1.64. The highest BCUT2D eigenvalue weighted by atomic mass is 35.5. The van der Waals surface area contributed by atoms with E-state index in [2.05, 4.69) is 21.9 Å². The summed E-state index contributed by atoms with van der Waals surface area (Å²) in [5, 5.41) is 3.02. The summed E-state index contributed by atoms with van der Waals surface area (Å²) in [4.78, 5) is 14.9. The molecule has 1 aromatic rings. The third kappa shape index (κ3) is 5.83. The summed E-state index contributed by atoms with van der Waals surface area (Å²) < 4.78 is 27.6. The molecule has 1 aliphatic carbocycles. The number of carbonyl (C=O) groups excluding carboxylic acids is 1. The summed E-state index contributed by atoms with van der Waals surface area (Å²) >= 11 is 12.3. The lowest BCUT2D eigenvalue weighted by atomic mass is 10.1. The van der Waals surface area contributed by atoms with E-state index in [1.165, 1.54) is 31.4 Å². The molecular weight excluding hydrogens is 421 g/mol. The second-order valence-corrected chi connectivity index (χ2v) is 10.3. The average molecular weight is 448 g/mol. The Bertz CT molecular complexity index is 822. The molecule has 0 radical (unpaired) electrons. The van der Waals surface area contributed by atoms with Gasteiger partial charge < -0.3 is 10.2 Å². The van der Waals surface area contributed by atoms with Crippen LogP contribution in [-0.2, 0) is 10.0 Å². The Morgan fingerprint density at radius 3 is 2.50 bits per heavy atom. The monoisotopic (exact) mass is 447 g/mol. The van der Waals surface area contributed by atoms with Crippen molar-refractivity contribution in [2.45, 2.75) is 50.0 Å². The van der Waals surface area contributed by atoms with E-state index in [0.29, 0.717) is 6.54 Å². The molecule has 9 heteroatoms. The predicted octanol–water partition coefficient (Wildman–Crippen LogP) is 3.29. The molecule has 0 bridgehead atoms. The molecular formula is C19H27Cl2N3O3S. The number of hydrogen-bond acceptors (Lipinski definition) is 4. The van der Waals surface area contributed by atoms with Gasteiger partial charge in [0, 0.05) is 19.1 Å². The highest BCUT2D eigenvalue weighted by Crippen LogP contribution is 2.30. The second kappa shape index (κ2) is 9.30. The normalized spacial score (nSPS) is 19.4. The number of likely N-dealkylation sites (tertiary alicyclic amines) is 1. The van der Waals surface area contributed by atoms with E-state index in [9.17, 15) is 13.2 Å². The first-order valence-electron chi connectivity index (χ1n) is 9.78. The van der Waals surface area contributed by atoms with Gasteiger partial charge >= 0.3 is 0 Å². The van der Waals surface area contributed by atoms with Gasteiger partial charge in [-0.15, -0.1) is 0 Å². The molecule has 1 saturated carbocycles. The third-order valence-electron chi connectivity index (χ3n) is 5.08. The van der Waals surface area contributed by atoms with Crippen LogP contribution in [0.5, 0.6) is 0 Å². The van der Waals surface area contributed by atoms with Crippen LogP contribution in [-0.4, -0.2) is 51.4 Å². The molecule has 0 spiro atoms. The van der Waals surface area contributed by atoms with Crippen LogP contribution in [0.15, 0.2) is 17.0 Å². The first-order chi connectivity index (χ1) is 13.3. The minimum atomic E-state index is -3.78. The smallest absolute Gasteiger partial charge is 0.252 e. The topological polar surface area (TPSA) is 78.5 Å². The average Bonchev–Trinajstić information content (AvgIpc) is 3.43. The van der Waals surface area contributed by atoms with Crippen molar-refractivity contribution in [1.29, 1.82) is 0 Å². The SMILES string of the molecule is CC(CNC(=O)c1cc(S(=O)(=O)NC2CC2)c(Cl)cc1Cl)CN1CCCCC1. The van der Waals surface area contributed by atoms with E-state index in [-0.39, 0.29) is 32.5 Å². The van der Waals surface area contributed by atoms with Crippen LogP contribution in [0.1, 0.15) is 49.4 Å². The minimum Gasteiger partial charge on any atom is -0.352 e. The maximum atomic E-state index is 12.6. The number of hydrogen-bond donors (Lipinski definition) is 2. The number of piperidine rings is 1. The van der Waals surface area contributed by atoms with Crippen molar-refractivity contribution in [2.75, 3.05) is 26.2 Å². The van der Waals surface area contributed by atoms with E-state index >= 15 is 0 Å². The molecule has 1 aliphatic heterocycles. The minimum absolute atomic E-state index is 0.00756. The number of nitrogens with one attached hydrogen (secondary N) is 2. The Morgan fingerprint density at radius 1 is 1.18 bits per heavy atom. The summed E-state index contributed by atoms with van der Waals surface area (Å²) in [5.74, 6) is -0.108. The number of benzene rings is 1. The molecule has 1 amide bonds. The fourth-order valence-electron chi connectivity index (χ4n) is 3.40. The van der Waals surface area contributed by atoms with Gasteiger partial charge in [0.2, 0.25) is 10.0 Å². The molecule has 1 unspecified atom stereocenters. The van der Waals surface area contributed by atoms with Crippen molar-refractivity contribution >= 4 is 39.1 Å². The van der Waals surface area contributed by atoms with Crippen molar-refractivity contribution in [3.05, 3.63) is 27.7 Å². The number of sulfonamides is 1.